The van der Waals surface area contributed by atoms with Crippen molar-refractivity contribution in [3.63, 3.8) is 0 Å². The molecule has 0 unspecified atom stereocenters. The van der Waals surface area contributed by atoms with E-state index in [1.54, 1.807) is 6.07 Å². The summed E-state index contributed by atoms with van der Waals surface area (Å²) >= 11 is 0. The van der Waals surface area contributed by atoms with Gasteiger partial charge in [-0.05, 0) is 24.6 Å². The summed E-state index contributed by atoms with van der Waals surface area (Å²) in [6, 6.07) is 4.55. The second kappa shape index (κ2) is 5.41. The van der Waals surface area contributed by atoms with Gasteiger partial charge in [0, 0.05) is 5.56 Å². The van der Waals surface area contributed by atoms with E-state index in [0.29, 0.717) is 17.1 Å². The summed E-state index contributed by atoms with van der Waals surface area (Å²) in [5.41, 5.74) is 7.68. The van der Waals surface area contributed by atoms with Crippen molar-refractivity contribution in [2.75, 3.05) is 5.73 Å². The molecule has 2 heterocycles. The zero-order chi connectivity index (χ0) is 16.6. The third-order valence-electron chi connectivity index (χ3n) is 3.23. The van der Waals surface area contributed by atoms with Crippen LogP contribution in [0.2, 0.25) is 0 Å². The van der Waals surface area contributed by atoms with Crippen LogP contribution in [0.3, 0.4) is 0 Å². The third-order valence-corrected chi connectivity index (χ3v) is 4.14. The molecule has 0 radical (unpaired) electrons. The predicted molar refractivity (Wildman–Crippen MR) is 82.9 cm³/mol. The Morgan fingerprint density at radius 2 is 2.04 bits per heavy atom. The summed E-state index contributed by atoms with van der Waals surface area (Å²) in [6.45, 7) is 1.83. The molecule has 3 aromatic rings. The smallest absolute Gasteiger partial charge is 0.238 e. The number of aromatic nitrogens is 5. The largest absolute Gasteiger partial charge is 0.381 e. The molecule has 4 N–H and O–H groups in total. The van der Waals surface area contributed by atoms with E-state index in [4.69, 9.17) is 10.9 Å². The van der Waals surface area contributed by atoms with Crippen molar-refractivity contribution in [3.05, 3.63) is 42.6 Å². The van der Waals surface area contributed by atoms with E-state index >= 15 is 0 Å². The molecule has 1 aromatic carbocycles. The number of benzene rings is 1. The highest BCUT2D eigenvalue weighted by atomic mass is 32.2. The minimum absolute atomic E-state index is 0.000897. The van der Waals surface area contributed by atoms with Gasteiger partial charge >= 0.3 is 0 Å². The van der Waals surface area contributed by atoms with Gasteiger partial charge in [-0.2, -0.15) is 9.78 Å². The summed E-state index contributed by atoms with van der Waals surface area (Å²) in [5, 5.41) is 9.15. The second-order valence-electron chi connectivity index (χ2n) is 4.83. The van der Waals surface area contributed by atoms with Crippen LogP contribution in [0.4, 0.5) is 5.82 Å². The van der Waals surface area contributed by atoms with Crippen LogP contribution < -0.4 is 10.9 Å². The van der Waals surface area contributed by atoms with Gasteiger partial charge in [-0.25, -0.2) is 28.5 Å². The fraction of sp³-hybridized carbons (Fsp3) is 0.0769. The first-order valence-corrected chi connectivity index (χ1v) is 8.02. The maximum Gasteiger partial charge on any atom is 0.238 e. The lowest BCUT2D eigenvalue weighted by molar-refractivity contribution is 0.598. The molecule has 0 aliphatic rings. The van der Waals surface area contributed by atoms with E-state index in [1.165, 1.54) is 35.7 Å². The molecule has 3 rings (SSSR count). The molecule has 0 spiro atoms. The number of sulfonamides is 1. The Morgan fingerprint density at radius 1 is 1.26 bits per heavy atom. The average molecular weight is 331 g/mol. The molecule has 118 valence electrons. The van der Waals surface area contributed by atoms with E-state index in [2.05, 4.69) is 20.1 Å². The molecule has 10 heteroatoms. The number of hydrogen-bond donors (Lipinski definition) is 2. The minimum Gasteiger partial charge on any atom is -0.381 e. The van der Waals surface area contributed by atoms with Crippen molar-refractivity contribution in [3.8, 4) is 17.1 Å². The number of hydrogen-bond acceptors (Lipinski definition) is 7. The van der Waals surface area contributed by atoms with Gasteiger partial charge in [0.1, 0.15) is 12.7 Å². The summed E-state index contributed by atoms with van der Waals surface area (Å²) < 4.78 is 24.4. The van der Waals surface area contributed by atoms with Crippen molar-refractivity contribution < 1.29 is 8.42 Å². The molecule has 0 fully saturated rings. The molecular weight excluding hydrogens is 318 g/mol. The molecule has 0 saturated heterocycles. The fourth-order valence-electron chi connectivity index (χ4n) is 2.06. The number of nitrogen functional groups attached to an aromatic ring is 1. The van der Waals surface area contributed by atoms with Crippen molar-refractivity contribution in [1.29, 1.82) is 0 Å². The molecule has 0 saturated carbocycles. The van der Waals surface area contributed by atoms with Gasteiger partial charge < -0.3 is 5.73 Å². The van der Waals surface area contributed by atoms with Gasteiger partial charge in [-0.3, -0.25) is 0 Å². The Labute approximate surface area is 132 Å². The van der Waals surface area contributed by atoms with Crippen molar-refractivity contribution in [2.45, 2.75) is 11.8 Å². The van der Waals surface area contributed by atoms with E-state index in [-0.39, 0.29) is 10.7 Å². The van der Waals surface area contributed by atoms with Crippen LogP contribution in [0.15, 0.2) is 41.9 Å². The summed E-state index contributed by atoms with van der Waals surface area (Å²) in [5.74, 6) is 0.486. The van der Waals surface area contributed by atoms with Crippen molar-refractivity contribution in [1.82, 2.24) is 24.7 Å². The van der Waals surface area contributed by atoms with Crippen molar-refractivity contribution in [2.24, 2.45) is 5.14 Å². The minimum atomic E-state index is -3.81. The van der Waals surface area contributed by atoms with E-state index in [9.17, 15) is 8.42 Å². The normalized spacial score (nSPS) is 11.6. The van der Waals surface area contributed by atoms with Crippen LogP contribution in [0, 0.1) is 6.92 Å². The summed E-state index contributed by atoms with van der Waals surface area (Å²) in [6.07, 6.45) is 4.25. The van der Waals surface area contributed by atoms with E-state index in [1.807, 2.05) is 6.92 Å². The van der Waals surface area contributed by atoms with Crippen LogP contribution in [-0.4, -0.2) is 33.2 Å². The number of aryl methyl sites for hydroxylation is 1. The van der Waals surface area contributed by atoms with Crippen LogP contribution in [0.5, 0.6) is 0 Å². The first kappa shape index (κ1) is 15.1. The first-order chi connectivity index (χ1) is 10.9. The Morgan fingerprint density at radius 3 is 2.70 bits per heavy atom. The second-order valence-corrected chi connectivity index (χ2v) is 6.39. The molecule has 0 aliphatic heterocycles. The number of nitrogens with two attached hydrogens (primary N) is 2. The van der Waals surface area contributed by atoms with Gasteiger partial charge in [-0.1, -0.05) is 6.07 Å². The zero-order valence-corrected chi connectivity index (χ0v) is 12.9. The molecule has 2 aromatic heterocycles. The van der Waals surface area contributed by atoms with Crippen LogP contribution in [-0.2, 0) is 10.0 Å². The molecular formula is C13H13N7O2S. The predicted octanol–water partition coefficient (Wildman–Crippen LogP) is 0.262. The Bertz CT molecular complexity index is 968. The molecule has 0 atom stereocenters. The van der Waals surface area contributed by atoms with Gasteiger partial charge in [0.05, 0.1) is 16.8 Å². The number of nitrogens with zero attached hydrogens (tertiary/aromatic N) is 5. The molecule has 9 nitrogen and oxygen atoms in total. The SMILES string of the molecule is Cc1ccc(S(N)(=O)=O)cc1-c1cnc(N)c(-n2cncn2)n1. The molecule has 23 heavy (non-hydrogen) atoms. The quantitative estimate of drug-likeness (QED) is 0.700. The highest BCUT2D eigenvalue weighted by Crippen LogP contribution is 2.25. The van der Waals surface area contributed by atoms with Gasteiger partial charge in [0.25, 0.3) is 0 Å². The Balaban J connectivity index is 2.18. The summed E-state index contributed by atoms with van der Waals surface area (Å²) in [7, 11) is -3.81. The lowest BCUT2D eigenvalue weighted by Gasteiger charge is -2.10. The van der Waals surface area contributed by atoms with Gasteiger partial charge in [-0.15, -0.1) is 0 Å². The van der Waals surface area contributed by atoms with Crippen LogP contribution in [0.25, 0.3) is 17.1 Å². The zero-order valence-electron chi connectivity index (χ0n) is 12.1. The third kappa shape index (κ3) is 2.89. The lowest BCUT2D eigenvalue weighted by atomic mass is 10.1. The average Bonchev–Trinajstić information content (AvgIpc) is 3.01. The summed E-state index contributed by atoms with van der Waals surface area (Å²) in [4.78, 5) is 12.3. The molecule has 0 aliphatic carbocycles. The maximum absolute atomic E-state index is 11.5. The first-order valence-electron chi connectivity index (χ1n) is 6.47. The lowest BCUT2D eigenvalue weighted by Crippen LogP contribution is -2.12. The number of primary sulfonamides is 1. The van der Waals surface area contributed by atoms with Crippen molar-refractivity contribution >= 4 is 15.8 Å². The van der Waals surface area contributed by atoms with E-state index in [0.717, 1.165) is 5.56 Å². The fourth-order valence-corrected chi connectivity index (χ4v) is 2.60. The topological polar surface area (TPSA) is 143 Å². The Kier molecular flexibility index (Phi) is 3.54. The van der Waals surface area contributed by atoms with Crippen LogP contribution >= 0.6 is 0 Å². The van der Waals surface area contributed by atoms with Crippen LogP contribution in [0.1, 0.15) is 5.56 Å². The maximum atomic E-state index is 11.5. The van der Waals surface area contributed by atoms with E-state index < -0.39 is 10.0 Å². The highest BCUT2D eigenvalue weighted by molar-refractivity contribution is 7.89. The standard InChI is InChI=1S/C13H13N7O2S/c1-8-2-3-9(23(15,21)22)4-10(8)11-5-17-12(14)13(19-11)20-7-16-6-18-20/h2-7H,1H3,(H2,14,17)(H2,15,21,22). The van der Waals surface area contributed by atoms with Gasteiger partial charge in [0.2, 0.25) is 10.0 Å². The molecule has 0 amide bonds. The highest BCUT2D eigenvalue weighted by Gasteiger charge is 2.14. The number of anilines is 1. The molecule has 0 bridgehead atoms. The van der Waals surface area contributed by atoms with Gasteiger partial charge in [0.15, 0.2) is 11.6 Å². The number of rotatable bonds is 3. The Hall–Kier alpha value is -2.85. The monoisotopic (exact) mass is 331 g/mol.